The molecule has 1 aromatic rings. The molecule has 2 saturated heterocycles. The summed E-state index contributed by atoms with van der Waals surface area (Å²) in [4.78, 5) is 26.6. The van der Waals surface area contributed by atoms with Crippen LogP contribution in [0.3, 0.4) is 0 Å². The fourth-order valence-corrected chi connectivity index (χ4v) is 5.09. The van der Waals surface area contributed by atoms with Gasteiger partial charge < -0.3 is 9.64 Å². The summed E-state index contributed by atoms with van der Waals surface area (Å²) < 4.78 is 5.90. The molecule has 1 aromatic heterocycles. The molecule has 1 amide bonds. The van der Waals surface area contributed by atoms with E-state index >= 15 is 0 Å². The third-order valence-electron chi connectivity index (χ3n) is 6.58. The van der Waals surface area contributed by atoms with Crippen molar-refractivity contribution in [3.8, 4) is 6.01 Å². The third kappa shape index (κ3) is 4.10. The van der Waals surface area contributed by atoms with Gasteiger partial charge in [0.2, 0.25) is 5.91 Å². The second-order valence-corrected chi connectivity index (χ2v) is 8.28. The molecule has 148 valence electrons. The summed E-state index contributed by atoms with van der Waals surface area (Å²) in [6, 6.07) is 2.23. The number of aromatic nitrogens is 2. The summed E-state index contributed by atoms with van der Waals surface area (Å²) >= 11 is 0. The van der Waals surface area contributed by atoms with Crippen LogP contribution in [0, 0.1) is 0 Å². The normalized spacial score (nSPS) is 24.5. The summed E-state index contributed by atoms with van der Waals surface area (Å²) in [5, 5.41) is 0. The van der Waals surface area contributed by atoms with Crippen molar-refractivity contribution in [2.75, 3.05) is 26.2 Å². The molecule has 0 spiro atoms. The Hall–Kier alpha value is -1.69. The SMILES string of the molecule is O=C(N1CCC(Oc2ncccn2)CC1)C1(N2CCCCC2)CCCCC1. The molecule has 0 bridgehead atoms. The van der Waals surface area contributed by atoms with Gasteiger partial charge in [0.1, 0.15) is 11.6 Å². The molecule has 3 fully saturated rings. The molecule has 0 unspecified atom stereocenters. The number of carbonyl (C=O) groups excluding carboxylic acids is 1. The Morgan fingerprint density at radius 1 is 0.926 bits per heavy atom. The van der Waals surface area contributed by atoms with Crippen LogP contribution < -0.4 is 4.74 Å². The maximum atomic E-state index is 13.7. The smallest absolute Gasteiger partial charge is 0.316 e. The lowest BCUT2D eigenvalue weighted by Crippen LogP contribution is -2.62. The highest BCUT2D eigenvalue weighted by Gasteiger charge is 2.47. The Balaban J connectivity index is 1.39. The molecule has 6 nitrogen and oxygen atoms in total. The highest BCUT2D eigenvalue weighted by atomic mass is 16.5. The second-order valence-electron chi connectivity index (χ2n) is 8.28. The van der Waals surface area contributed by atoms with Crippen LogP contribution in [-0.2, 0) is 4.79 Å². The number of ether oxygens (including phenoxy) is 1. The minimum atomic E-state index is -0.227. The molecule has 3 heterocycles. The van der Waals surface area contributed by atoms with Gasteiger partial charge in [-0.2, -0.15) is 0 Å². The zero-order valence-corrected chi connectivity index (χ0v) is 16.3. The fraction of sp³-hybridized carbons (Fsp3) is 0.762. The summed E-state index contributed by atoms with van der Waals surface area (Å²) in [6.45, 7) is 3.76. The standard InChI is InChI=1S/C21H32N4O2/c26-19(21(10-3-1-4-11-21)25-14-5-2-6-15-25)24-16-8-18(9-17-24)27-20-22-12-7-13-23-20/h7,12-13,18H,1-6,8-11,14-17H2. The number of carbonyl (C=O) groups is 1. The number of nitrogens with zero attached hydrogens (tertiary/aromatic N) is 4. The first-order chi connectivity index (χ1) is 13.3. The van der Waals surface area contributed by atoms with Crippen LogP contribution in [0.15, 0.2) is 18.5 Å². The van der Waals surface area contributed by atoms with Gasteiger partial charge in [-0.05, 0) is 44.8 Å². The Morgan fingerprint density at radius 3 is 2.22 bits per heavy atom. The maximum Gasteiger partial charge on any atom is 0.316 e. The summed E-state index contributed by atoms with van der Waals surface area (Å²) in [5.74, 6) is 0.388. The van der Waals surface area contributed by atoms with E-state index in [9.17, 15) is 4.79 Å². The van der Waals surface area contributed by atoms with Gasteiger partial charge in [-0.25, -0.2) is 9.97 Å². The van der Waals surface area contributed by atoms with E-state index in [-0.39, 0.29) is 11.6 Å². The second kappa shape index (κ2) is 8.55. The van der Waals surface area contributed by atoms with Crippen LogP contribution in [0.5, 0.6) is 6.01 Å². The molecule has 6 heteroatoms. The molecule has 1 aliphatic carbocycles. The van der Waals surface area contributed by atoms with E-state index in [4.69, 9.17) is 4.74 Å². The fourth-order valence-electron chi connectivity index (χ4n) is 5.09. The molecule has 0 radical (unpaired) electrons. The van der Waals surface area contributed by atoms with Crippen LogP contribution in [-0.4, -0.2) is 63.5 Å². The Bertz CT molecular complexity index is 604. The zero-order chi connectivity index (χ0) is 18.5. The lowest BCUT2D eigenvalue weighted by Gasteiger charge is -2.49. The minimum Gasteiger partial charge on any atom is -0.460 e. The largest absolute Gasteiger partial charge is 0.460 e. The monoisotopic (exact) mass is 372 g/mol. The van der Waals surface area contributed by atoms with Gasteiger partial charge in [-0.3, -0.25) is 9.69 Å². The van der Waals surface area contributed by atoms with E-state index in [1.807, 2.05) is 0 Å². The average Bonchev–Trinajstić information content (AvgIpc) is 2.76. The van der Waals surface area contributed by atoms with Crippen molar-refractivity contribution in [2.24, 2.45) is 0 Å². The lowest BCUT2D eigenvalue weighted by atomic mass is 9.77. The van der Waals surface area contributed by atoms with Gasteiger partial charge in [0, 0.05) is 38.3 Å². The number of rotatable bonds is 4. The van der Waals surface area contributed by atoms with Crippen molar-refractivity contribution in [1.29, 1.82) is 0 Å². The first-order valence-electron chi connectivity index (χ1n) is 10.8. The molecule has 2 aliphatic heterocycles. The molecule has 0 N–H and O–H groups in total. The van der Waals surface area contributed by atoms with Gasteiger partial charge in [-0.15, -0.1) is 0 Å². The van der Waals surface area contributed by atoms with Crippen molar-refractivity contribution < 1.29 is 9.53 Å². The van der Waals surface area contributed by atoms with E-state index in [1.54, 1.807) is 18.5 Å². The van der Waals surface area contributed by atoms with Crippen molar-refractivity contribution in [3.63, 3.8) is 0 Å². The number of likely N-dealkylation sites (tertiary alicyclic amines) is 2. The number of hydrogen-bond acceptors (Lipinski definition) is 5. The molecule has 27 heavy (non-hydrogen) atoms. The molecule has 3 aliphatic rings. The van der Waals surface area contributed by atoms with Gasteiger partial charge in [-0.1, -0.05) is 25.7 Å². The molecule has 1 saturated carbocycles. The van der Waals surface area contributed by atoms with Crippen molar-refractivity contribution in [2.45, 2.75) is 75.9 Å². The summed E-state index contributed by atoms with van der Waals surface area (Å²) in [7, 11) is 0. The highest BCUT2D eigenvalue weighted by Crippen LogP contribution is 2.37. The van der Waals surface area contributed by atoms with E-state index in [2.05, 4.69) is 19.8 Å². The topological polar surface area (TPSA) is 58.6 Å². The van der Waals surface area contributed by atoms with E-state index in [0.29, 0.717) is 11.9 Å². The molecule has 4 rings (SSSR count). The lowest BCUT2D eigenvalue weighted by molar-refractivity contribution is -0.150. The van der Waals surface area contributed by atoms with Gasteiger partial charge in [0.15, 0.2) is 0 Å². The first kappa shape index (κ1) is 18.7. The van der Waals surface area contributed by atoms with Gasteiger partial charge in [0.05, 0.1) is 0 Å². The molecule has 0 atom stereocenters. The van der Waals surface area contributed by atoms with Crippen LogP contribution in [0.4, 0.5) is 0 Å². The highest BCUT2D eigenvalue weighted by molar-refractivity contribution is 5.86. The summed E-state index contributed by atoms with van der Waals surface area (Å²) in [6.07, 6.45) is 14.7. The van der Waals surface area contributed by atoms with Crippen molar-refractivity contribution in [1.82, 2.24) is 19.8 Å². The number of amides is 1. The Morgan fingerprint density at radius 2 is 1.56 bits per heavy atom. The predicted octanol–water partition coefficient (Wildman–Crippen LogP) is 3.04. The Labute approximate surface area is 162 Å². The quantitative estimate of drug-likeness (QED) is 0.813. The van der Waals surface area contributed by atoms with Crippen LogP contribution in [0.25, 0.3) is 0 Å². The van der Waals surface area contributed by atoms with Crippen LogP contribution in [0.2, 0.25) is 0 Å². The van der Waals surface area contributed by atoms with Crippen molar-refractivity contribution >= 4 is 5.91 Å². The summed E-state index contributed by atoms with van der Waals surface area (Å²) in [5.41, 5.74) is -0.227. The zero-order valence-electron chi connectivity index (χ0n) is 16.3. The predicted molar refractivity (Wildman–Crippen MR) is 104 cm³/mol. The Kier molecular flexibility index (Phi) is 5.91. The number of piperidine rings is 2. The van der Waals surface area contributed by atoms with Gasteiger partial charge in [0.25, 0.3) is 0 Å². The van der Waals surface area contributed by atoms with E-state index in [1.165, 1.54) is 38.5 Å². The van der Waals surface area contributed by atoms with Crippen LogP contribution in [0.1, 0.15) is 64.2 Å². The van der Waals surface area contributed by atoms with E-state index < -0.39 is 0 Å². The third-order valence-corrected chi connectivity index (χ3v) is 6.58. The maximum absolute atomic E-state index is 13.7. The number of hydrogen-bond donors (Lipinski definition) is 0. The average molecular weight is 373 g/mol. The van der Waals surface area contributed by atoms with E-state index in [0.717, 1.165) is 51.9 Å². The van der Waals surface area contributed by atoms with Gasteiger partial charge >= 0.3 is 6.01 Å². The minimum absolute atomic E-state index is 0.105. The molecular weight excluding hydrogens is 340 g/mol. The van der Waals surface area contributed by atoms with Crippen LogP contribution >= 0.6 is 0 Å². The van der Waals surface area contributed by atoms with Crippen molar-refractivity contribution in [3.05, 3.63) is 18.5 Å². The molecular formula is C21H32N4O2. The molecule has 0 aromatic carbocycles. The first-order valence-corrected chi connectivity index (χ1v) is 10.8.